The fraction of sp³-hybridized carbons (Fsp3) is 0.429. The largest absolute Gasteiger partial charge is 0.399 e. The van der Waals surface area contributed by atoms with E-state index >= 15 is 0 Å². The molecule has 108 valence electrons. The van der Waals surface area contributed by atoms with Gasteiger partial charge in [-0.05, 0) is 31.5 Å². The highest BCUT2D eigenvalue weighted by Gasteiger charge is 2.19. The van der Waals surface area contributed by atoms with E-state index in [0.717, 1.165) is 12.8 Å². The Morgan fingerprint density at radius 2 is 2.20 bits per heavy atom. The van der Waals surface area contributed by atoms with E-state index in [4.69, 9.17) is 26.6 Å². The van der Waals surface area contributed by atoms with Crippen molar-refractivity contribution in [2.24, 2.45) is 0 Å². The minimum atomic E-state index is -0.151. The Morgan fingerprint density at radius 1 is 1.40 bits per heavy atom. The molecule has 0 spiro atoms. The molecule has 0 amide bonds. The molecule has 1 heterocycles. The van der Waals surface area contributed by atoms with Crippen molar-refractivity contribution in [3.05, 3.63) is 29.0 Å². The van der Waals surface area contributed by atoms with Crippen LogP contribution in [0.25, 0.3) is 11.5 Å². The van der Waals surface area contributed by atoms with Gasteiger partial charge in [-0.1, -0.05) is 30.1 Å². The van der Waals surface area contributed by atoms with Crippen LogP contribution in [0.3, 0.4) is 0 Å². The minimum Gasteiger partial charge on any atom is -0.399 e. The molecule has 1 atom stereocenters. The number of halogens is 1. The fourth-order valence-electron chi connectivity index (χ4n) is 1.93. The van der Waals surface area contributed by atoms with Gasteiger partial charge in [0.15, 0.2) is 0 Å². The lowest BCUT2D eigenvalue weighted by molar-refractivity contribution is 0.0478. The average molecular weight is 296 g/mol. The van der Waals surface area contributed by atoms with Crippen molar-refractivity contribution in [2.45, 2.75) is 32.8 Å². The maximum Gasteiger partial charge on any atom is 0.259 e. The topological polar surface area (TPSA) is 74.2 Å². The zero-order valence-corrected chi connectivity index (χ0v) is 12.4. The van der Waals surface area contributed by atoms with E-state index < -0.39 is 0 Å². The van der Waals surface area contributed by atoms with Crippen molar-refractivity contribution >= 4 is 17.3 Å². The Balaban J connectivity index is 2.29. The van der Waals surface area contributed by atoms with Crippen molar-refractivity contribution in [1.29, 1.82) is 0 Å². The van der Waals surface area contributed by atoms with E-state index in [9.17, 15) is 0 Å². The summed E-state index contributed by atoms with van der Waals surface area (Å²) in [5.41, 5.74) is 6.99. The molecule has 2 aromatic rings. The summed E-state index contributed by atoms with van der Waals surface area (Å²) in [5.74, 6) is 0.903. The number of hydrogen-bond donors (Lipinski definition) is 1. The van der Waals surface area contributed by atoms with Gasteiger partial charge in [-0.2, -0.15) is 4.98 Å². The third-order valence-electron chi connectivity index (χ3n) is 2.87. The number of hydrogen-bond acceptors (Lipinski definition) is 5. The first-order valence-corrected chi connectivity index (χ1v) is 7.04. The molecule has 5 nitrogen and oxygen atoms in total. The smallest absolute Gasteiger partial charge is 0.259 e. The van der Waals surface area contributed by atoms with Crippen molar-refractivity contribution < 1.29 is 9.26 Å². The van der Waals surface area contributed by atoms with Gasteiger partial charge < -0.3 is 15.0 Å². The first-order chi connectivity index (χ1) is 9.65. The molecular formula is C14H18ClN3O2. The van der Waals surface area contributed by atoms with E-state index in [1.54, 1.807) is 18.2 Å². The third kappa shape index (κ3) is 3.29. The Labute approximate surface area is 123 Å². The number of rotatable bonds is 6. The summed E-state index contributed by atoms with van der Waals surface area (Å²) in [5, 5.41) is 4.52. The van der Waals surface area contributed by atoms with Crippen molar-refractivity contribution in [1.82, 2.24) is 10.1 Å². The van der Waals surface area contributed by atoms with Crippen LogP contribution in [0.2, 0.25) is 5.02 Å². The summed E-state index contributed by atoms with van der Waals surface area (Å²) in [6.45, 7) is 4.63. The summed E-state index contributed by atoms with van der Waals surface area (Å²) < 4.78 is 10.9. The van der Waals surface area contributed by atoms with E-state index in [2.05, 4.69) is 17.1 Å². The molecule has 6 heteroatoms. The minimum absolute atomic E-state index is 0.151. The summed E-state index contributed by atoms with van der Waals surface area (Å²) in [6, 6.07) is 5.15. The molecule has 2 N–H and O–H groups in total. The van der Waals surface area contributed by atoms with Crippen LogP contribution in [-0.2, 0) is 4.74 Å². The standard InChI is InChI=1S/C14H18ClN3O2/c1-3-5-12(19-4-2)13-17-14(20-18-13)10-8-9(16)6-7-11(10)15/h6-8,12H,3-5,16H2,1-2H3. The number of benzene rings is 1. The maximum absolute atomic E-state index is 6.13. The molecule has 1 unspecified atom stereocenters. The molecule has 0 bridgehead atoms. The lowest BCUT2D eigenvalue weighted by Gasteiger charge is -2.11. The van der Waals surface area contributed by atoms with Crippen LogP contribution < -0.4 is 5.73 Å². The second-order valence-electron chi connectivity index (χ2n) is 4.43. The van der Waals surface area contributed by atoms with Crippen molar-refractivity contribution in [3.63, 3.8) is 0 Å². The Morgan fingerprint density at radius 3 is 2.90 bits per heavy atom. The van der Waals surface area contributed by atoms with Gasteiger partial charge in [0, 0.05) is 12.3 Å². The van der Waals surface area contributed by atoms with E-state index in [0.29, 0.717) is 34.6 Å². The van der Waals surface area contributed by atoms with Crippen LogP contribution in [-0.4, -0.2) is 16.7 Å². The number of nitrogen functional groups attached to an aromatic ring is 1. The Hall–Kier alpha value is -1.59. The van der Waals surface area contributed by atoms with E-state index in [1.807, 2.05) is 6.92 Å². The molecule has 0 radical (unpaired) electrons. The van der Waals surface area contributed by atoms with Crippen LogP contribution in [0.4, 0.5) is 5.69 Å². The lowest BCUT2D eigenvalue weighted by Crippen LogP contribution is -2.05. The van der Waals surface area contributed by atoms with Gasteiger partial charge in [0.1, 0.15) is 6.10 Å². The molecule has 0 saturated carbocycles. The second-order valence-corrected chi connectivity index (χ2v) is 4.84. The molecule has 1 aromatic heterocycles. The van der Waals surface area contributed by atoms with Crippen molar-refractivity contribution in [3.8, 4) is 11.5 Å². The first-order valence-electron chi connectivity index (χ1n) is 6.66. The van der Waals surface area contributed by atoms with Crippen LogP contribution in [0.1, 0.15) is 38.6 Å². The van der Waals surface area contributed by atoms with Gasteiger partial charge in [0.25, 0.3) is 5.89 Å². The molecule has 20 heavy (non-hydrogen) atoms. The maximum atomic E-state index is 6.13. The normalized spacial score (nSPS) is 12.6. The summed E-state index contributed by atoms with van der Waals surface area (Å²) in [4.78, 5) is 4.38. The molecule has 0 aliphatic rings. The van der Waals surface area contributed by atoms with Gasteiger partial charge in [-0.15, -0.1) is 0 Å². The molecule has 0 aliphatic carbocycles. The fourth-order valence-corrected chi connectivity index (χ4v) is 2.13. The number of anilines is 1. The Kier molecular flexibility index (Phi) is 4.98. The Bertz CT molecular complexity index is 565. The predicted molar refractivity (Wildman–Crippen MR) is 78.4 cm³/mol. The molecule has 0 aliphatic heterocycles. The summed E-state index contributed by atoms with van der Waals surface area (Å²) >= 11 is 6.13. The van der Waals surface area contributed by atoms with Crippen LogP contribution in [0.15, 0.2) is 22.7 Å². The number of aromatic nitrogens is 2. The van der Waals surface area contributed by atoms with Gasteiger partial charge in [-0.3, -0.25) is 0 Å². The van der Waals surface area contributed by atoms with Gasteiger partial charge in [-0.25, -0.2) is 0 Å². The van der Waals surface area contributed by atoms with Gasteiger partial charge in [0.05, 0.1) is 10.6 Å². The van der Waals surface area contributed by atoms with E-state index in [-0.39, 0.29) is 6.10 Å². The third-order valence-corrected chi connectivity index (χ3v) is 3.20. The summed E-state index contributed by atoms with van der Waals surface area (Å²) in [7, 11) is 0. The molecule has 0 saturated heterocycles. The van der Waals surface area contributed by atoms with Crippen LogP contribution in [0.5, 0.6) is 0 Å². The molecular weight excluding hydrogens is 278 g/mol. The van der Waals surface area contributed by atoms with E-state index in [1.165, 1.54) is 0 Å². The van der Waals surface area contributed by atoms with Crippen LogP contribution in [0, 0.1) is 0 Å². The van der Waals surface area contributed by atoms with Crippen LogP contribution >= 0.6 is 11.6 Å². The number of ether oxygens (including phenoxy) is 1. The molecule has 0 fully saturated rings. The zero-order valence-electron chi connectivity index (χ0n) is 11.6. The van der Waals surface area contributed by atoms with Gasteiger partial charge >= 0.3 is 0 Å². The highest BCUT2D eigenvalue weighted by atomic mass is 35.5. The zero-order chi connectivity index (χ0) is 14.5. The highest BCUT2D eigenvalue weighted by Crippen LogP contribution is 2.30. The lowest BCUT2D eigenvalue weighted by atomic mass is 10.2. The SMILES string of the molecule is CCCC(OCC)c1noc(-c2cc(N)ccc2Cl)n1. The predicted octanol–water partition coefficient (Wildman–Crippen LogP) is 3.85. The summed E-state index contributed by atoms with van der Waals surface area (Å²) in [6.07, 6.45) is 1.67. The average Bonchev–Trinajstić information content (AvgIpc) is 2.91. The molecule has 1 aromatic carbocycles. The number of nitrogens with two attached hydrogens (primary N) is 1. The number of nitrogens with zero attached hydrogens (tertiary/aromatic N) is 2. The first kappa shape index (κ1) is 14.8. The quantitative estimate of drug-likeness (QED) is 0.819. The molecule has 2 rings (SSSR count). The van der Waals surface area contributed by atoms with Crippen molar-refractivity contribution in [2.75, 3.05) is 12.3 Å². The highest BCUT2D eigenvalue weighted by molar-refractivity contribution is 6.33. The monoisotopic (exact) mass is 295 g/mol. The second kappa shape index (κ2) is 6.72. The van der Waals surface area contributed by atoms with Gasteiger partial charge in [0.2, 0.25) is 5.82 Å².